The summed E-state index contributed by atoms with van der Waals surface area (Å²) in [5, 5.41) is 0. The molecule has 61 valence electrons. The van der Waals surface area contributed by atoms with Gasteiger partial charge in [0.05, 0.1) is 6.61 Å². The second-order valence-corrected chi connectivity index (χ2v) is 2.13. The Bertz CT molecular complexity index is 66.6. The molecule has 0 saturated heterocycles. The summed E-state index contributed by atoms with van der Waals surface area (Å²) in [6, 6.07) is 0. The number of unbranched alkanes of at least 4 members (excludes halogenated alkanes) is 3. The zero-order chi connectivity index (χ0) is 7.82. The van der Waals surface area contributed by atoms with Crippen molar-refractivity contribution in [2.75, 3.05) is 6.61 Å². The van der Waals surface area contributed by atoms with Crippen molar-refractivity contribution in [3.63, 3.8) is 0 Å². The first-order chi connectivity index (χ1) is 4.77. The van der Waals surface area contributed by atoms with E-state index in [-0.39, 0.29) is 6.61 Å². The predicted molar refractivity (Wildman–Crippen MR) is 35.6 cm³/mol. The molecule has 0 rings (SSSR count). The fraction of sp³-hybridized carbons (Fsp3) is 0.857. The summed E-state index contributed by atoms with van der Waals surface area (Å²) in [7, 11) is 0. The fourth-order valence-corrected chi connectivity index (χ4v) is 0.678. The molecule has 0 aromatic heterocycles. The topological polar surface area (TPSA) is 9.23 Å². The zero-order valence-electron chi connectivity index (χ0n) is 6.20. The van der Waals surface area contributed by atoms with Crippen LogP contribution in [-0.4, -0.2) is 6.61 Å². The van der Waals surface area contributed by atoms with Crippen molar-refractivity contribution in [3.05, 3.63) is 6.61 Å². The van der Waals surface area contributed by atoms with Crippen LogP contribution in [0.2, 0.25) is 0 Å². The monoisotopic (exact) mass is 151 g/mol. The molecule has 0 aliphatic rings. The van der Waals surface area contributed by atoms with Crippen LogP contribution in [-0.2, 0) is 4.74 Å². The Morgan fingerprint density at radius 1 is 1.20 bits per heavy atom. The molecule has 0 aliphatic carbocycles. The lowest BCUT2D eigenvalue weighted by Crippen LogP contribution is -1.93. The van der Waals surface area contributed by atoms with Crippen molar-refractivity contribution in [3.8, 4) is 0 Å². The highest BCUT2D eigenvalue weighted by molar-refractivity contribution is 4.42. The Morgan fingerprint density at radius 3 is 2.40 bits per heavy atom. The van der Waals surface area contributed by atoms with E-state index < -0.39 is 6.61 Å². The first-order valence-corrected chi connectivity index (χ1v) is 3.58. The Kier molecular flexibility index (Phi) is 6.81. The first kappa shape index (κ1) is 9.82. The maximum absolute atomic E-state index is 11.2. The number of halogens is 2. The Morgan fingerprint density at radius 2 is 1.90 bits per heavy atom. The third-order valence-corrected chi connectivity index (χ3v) is 1.21. The lowest BCUT2D eigenvalue weighted by Gasteiger charge is -1.98. The van der Waals surface area contributed by atoms with E-state index in [1.807, 2.05) is 0 Å². The predicted octanol–water partition coefficient (Wildman–Crippen LogP) is 2.97. The van der Waals surface area contributed by atoms with Crippen molar-refractivity contribution < 1.29 is 13.5 Å². The molecule has 0 atom stereocenters. The molecular formula is C7H13F2O. The molecule has 1 nitrogen and oxygen atoms in total. The van der Waals surface area contributed by atoms with Crippen molar-refractivity contribution >= 4 is 0 Å². The molecule has 0 fully saturated rings. The van der Waals surface area contributed by atoms with Gasteiger partial charge in [-0.3, -0.25) is 0 Å². The van der Waals surface area contributed by atoms with Gasteiger partial charge in [-0.1, -0.05) is 26.2 Å². The van der Waals surface area contributed by atoms with E-state index in [9.17, 15) is 8.78 Å². The summed E-state index contributed by atoms with van der Waals surface area (Å²) in [5.74, 6) is 0. The molecule has 0 spiro atoms. The number of hydrogen-bond acceptors (Lipinski definition) is 1. The molecule has 0 unspecified atom stereocenters. The lowest BCUT2D eigenvalue weighted by molar-refractivity contribution is -0.0206. The van der Waals surface area contributed by atoms with E-state index in [0.717, 1.165) is 25.7 Å². The van der Waals surface area contributed by atoms with Gasteiger partial charge < -0.3 is 4.74 Å². The molecule has 0 saturated carbocycles. The smallest absolute Gasteiger partial charge is 0.313 e. The molecule has 0 aromatic rings. The zero-order valence-corrected chi connectivity index (χ0v) is 6.20. The summed E-state index contributed by atoms with van der Waals surface area (Å²) in [6.07, 6.45) is 3.91. The standard InChI is InChI=1S/C7H13F2O/c1-2-3-4-5-6-10-7(8)9/h2-6H2,1H3. The number of rotatable bonds is 6. The summed E-state index contributed by atoms with van der Waals surface area (Å²) < 4.78 is 26.4. The van der Waals surface area contributed by atoms with Crippen molar-refractivity contribution in [1.29, 1.82) is 0 Å². The number of hydrogen-bond donors (Lipinski definition) is 0. The molecule has 0 aromatic carbocycles. The highest BCUT2D eigenvalue weighted by Crippen LogP contribution is 2.06. The third-order valence-electron chi connectivity index (χ3n) is 1.21. The van der Waals surface area contributed by atoms with Gasteiger partial charge in [0.2, 0.25) is 0 Å². The van der Waals surface area contributed by atoms with Crippen LogP contribution in [0.5, 0.6) is 0 Å². The maximum Gasteiger partial charge on any atom is 0.448 e. The minimum absolute atomic E-state index is 0.155. The van der Waals surface area contributed by atoms with Gasteiger partial charge >= 0.3 is 6.61 Å². The van der Waals surface area contributed by atoms with Crippen molar-refractivity contribution in [2.24, 2.45) is 0 Å². The van der Waals surface area contributed by atoms with Gasteiger partial charge in [0.15, 0.2) is 0 Å². The molecule has 0 N–H and O–H groups in total. The van der Waals surface area contributed by atoms with Crippen molar-refractivity contribution in [2.45, 2.75) is 32.6 Å². The summed E-state index contributed by atoms with van der Waals surface area (Å²) in [5.41, 5.74) is 0. The summed E-state index contributed by atoms with van der Waals surface area (Å²) in [4.78, 5) is 0. The average Bonchev–Trinajstić information content (AvgIpc) is 1.87. The highest BCUT2D eigenvalue weighted by Gasteiger charge is 2.03. The molecule has 0 amide bonds. The molecule has 0 bridgehead atoms. The van der Waals surface area contributed by atoms with E-state index >= 15 is 0 Å². The van der Waals surface area contributed by atoms with Gasteiger partial charge in [0.1, 0.15) is 0 Å². The second-order valence-electron chi connectivity index (χ2n) is 2.13. The van der Waals surface area contributed by atoms with Crippen molar-refractivity contribution in [1.82, 2.24) is 0 Å². The second kappa shape index (κ2) is 6.93. The Hall–Kier alpha value is -0.180. The van der Waals surface area contributed by atoms with Gasteiger partial charge in [-0.15, -0.1) is 0 Å². The normalized spacial score (nSPS) is 10.8. The van der Waals surface area contributed by atoms with Gasteiger partial charge in [-0.25, -0.2) is 0 Å². The molecule has 3 heteroatoms. The van der Waals surface area contributed by atoms with Crippen LogP contribution in [0.15, 0.2) is 0 Å². The van der Waals surface area contributed by atoms with E-state index in [0.29, 0.717) is 0 Å². The van der Waals surface area contributed by atoms with Crippen LogP contribution in [0.25, 0.3) is 0 Å². The first-order valence-electron chi connectivity index (χ1n) is 3.58. The van der Waals surface area contributed by atoms with Crippen LogP contribution in [0.1, 0.15) is 32.6 Å². The number of ether oxygens (including phenoxy) is 1. The van der Waals surface area contributed by atoms with E-state index in [1.165, 1.54) is 0 Å². The van der Waals surface area contributed by atoms with Crippen LogP contribution in [0.4, 0.5) is 8.78 Å². The highest BCUT2D eigenvalue weighted by atomic mass is 19.3. The SMILES string of the molecule is CCCCCCO[C](F)F. The fourth-order valence-electron chi connectivity index (χ4n) is 0.678. The van der Waals surface area contributed by atoms with Crippen LogP contribution >= 0.6 is 0 Å². The maximum atomic E-state index is 11.2. The van der Waals surface area contributed by atoms with Gasteiger partial charge in [0.25, 0.3) is 0 Å². The quantitative estimate of drug-likeness (QED) is 0.530. The summed E-state index contributed by atoms with van der Waals surface area (Å²) >= 11 is 0. The molecule has 0 aliphatic heterocycles. The van der Waals surface area contributed by atoms with Gasteiger partial charge in [-0.05, 0) is 6.42 Å². The molecule has 0 heterocycles. The van der Waals surface area contributed by atoms with E-state index in [4.69, 9.17) is 0 Å². The lowest BCUT2D eigenvalue weighted by atomic mass is 10.2. The van der Waals surface area contributed by atoms with Gasteiger partial charge in [-0.2, -0.15) is 8.78 Å². The Balaban J connectivity index is 2.77. The van der Waals surface area contributed by atoms with Crippen LogP contribution in [0, 0.1) is 6.61 Å². The minimum Gasteiger partial charge on any atom is -0.313 e. The van der Waals surface area contributed by atoms with Crippen LogP contribution < -0.4 is 0 Å². The van der Waals surface area contributed by atoms with E-state index in [1.54, 1.807) is 0 Å². The largest absolute Gasteiger partial charge is 0.448 e. The third kappa shape index (κ3) is 7.82. The molecular weight excluding hydrogens is 138 g/mol. The molecule has 1 radical (unpaired) electrons. The summed E-state index contributed by atoms with van der Waals surface area (Å²) in [6.45, 7) is 0.307. The van der Waals surface area contributed by atoms with E-state index in [2.05, 4.69) is 11.7 Å². The van der Waals surface area contributed by atoms with Crippen LogP contribution in [0.3, 0.4) is 0 Å². The minimum atomic E-state index is -1.92. The van der Waals surface area contributed by atoms with Gasteiger partial charge in [0, 0.05) is 0 Å². The molecule has 10 heavy (non-hydrogen) atoms. The Labute approximate surface area is 60.4 Å². The average molecular weight is 151 g/mol.